The normalized spacial score (nSPS) is 11.5. The Morgan fingerprint density at radius 1 is 1.07 bits per heavy atom. The van der Waals surface area contributed by atoms with Crippen LogP contribution in [0.3, 0.4) is 0 Å². The van der Waals surface area contributed by atoms with Crippen molar-refractivity contribution in [3.05, 3.63) is 42.0 Å². The van der Waals surface area contributed by atoms with Crippen LogP contribution in [0, 0.1) is 0 Å². The Morgan fingerprint density at radius 3 is 2.59 bits per heavy atom. The van der Waals surface area contributed by atoms with Gasteiger partial charge in [0.2, 0.25) is 5.91 Å². The molecule has 0 atom stereocenters. The second-order valence-electron chi connectivity index (χ2n) is 6.47. The summed E-state index contributed by atoms with van der Waals surface area (Å²) in [4.78, 5) is 11.0. The van der Waals surface area contributed by atoms with Crippen LogP contribution in [-0.2, 0) is 25.5 Å². The summed E-state index contributed by atoms with van der Waals surface area (Å²) in [7, 11) is -3.35. The number of fused-ring (bicyclic) bond motifs is 1. The van der Waals surface area contributed by atoms with Crippen molar-refractivity contribution < 1.29 is 22.1 Å². The van der Waals surface area contributed by atoms with Gasteiger partial charge in [-0.2, -0.15) is 8.42 Å². The van der Waals surface area contributed by atoms with Gasteiger partial charge in [0.25, 0.3) is 10.1 Å². The summed E-state index contributed by atoms with van der Waals surface area (Å²) in [5, 5.41) is 5.09. The molecule has 0 radical (unpaired) electrons. The maximum atomic E-state index is 11.0. The van der Waals surface area contributed by atoms with Crippen LogP contribution in [0.2, 0.25) is 0 Å². The Balaban J connectivity index is 1.85. The molecule has 1 N–H and O–H groups in total. The first-order valence-electron chi connectivity index (χ1n) is 9.08. The molecule has 27 heavy (non-hydrogen) atoms. The van der Waals surface area contributed by atoms with E-state index >= 15 is 0 Å². The number of benzene rings is 2. The molecule has 0 fully saturated rings. The minimum Gasteiger partial charge on any atom is -0.494 e. The number of hydrogen-bond acceptors (Lipinski definition) is 5. The maximum absolute atomic E-state index is 11.0. The predicted octanol–water partition coefficient (Wildman–Crippen LogP) is 3.04. The summed E-state index contributed by atoms with van der Waals surface area (Å²) >= 11 is 0. The van der Waals surface area contributed by atoms with E-state index in [1.807, 2.05) is 24.3 Å². The van der Waals surface area contributed by atoms with Crippen LogP contribution in [0.5, 0.6) is 5.75 Å². The summed E-state index contributed by atoms with van der Waals surface area (Å²) in [6.07, 6.45) is 4.17. The molecule has 0 spiro atoms. The Morgan fingerprint density at radius 2 is 1.85 bits per heavy atom. The van der Waals surface area contributed by atoms with Crippen LogP contribution >= 0.6 is 0 Å². The Labute approximate surface area is 161 Å². The highest BCUT2D eigenvalue weighted by atomic mass is 32.2. The third-order valence-electron chi connectivity index (χ3n) is 4.07. The van der Waals surface area contributed by atoms with Gasteiger partial charge in [-0.1, -0.05) is 24.3 Å². The first-order valence-corrected chi connectivity index (χ1v) is 10.9. The largest absolute Gasteiger partial charge is 0.494 e. The van der Waals surface area contributed by atoms with Crippen molar-refractivity contribution in [2.45, 2.75) is 32.6 Å². The quantitative estimate of drug-likeness (QED) is 0.469. The summed E-state index contributed by atoms with van der Waals surface area (Å²) in [5.41, 5.74) is 1.17. The van der Waals surface area contributed by atoms with E-state index in [1.165, 1.54) is 12.5 Å². The number of ether oxygens (including phenoxy) is 1. The minimum atomic E-state index is -3.35. The maximum Gasteiger partial charge on any atom is 0.264 e. The fourth-order valence-electron chi connectivity index (χ4n) is 2.78. The molecule has 0 bridgehead atoms. The van der Waals surface area contributed by atoms with E-state index in [1.54, 1.807) is 0 Å². The average Bonchev–Trinajstić information content (AvgIpc) is 2.60. The smallest absolute Gasteiger partial charge is 0.264 e. The fraction of sp³-hybridized carbons (Fsp3) is 0.450. The summed E-state index contributed by atoms with van der Waals surface area (Å²) < 4.78 is 32.3. The molecular formula is C20H27NO5S. The third kappa shape index (κ3) is 7.97. The molecule has 0 aliphatic carbocycles. The zero-order valence-corrected chi connectivity index (χ0v) is 16.7. The van der Waals surface area contributed by atoms with Crippen molar-refractivity contribution >= 4 is 26.8 Å². The Bertz CT molecular complexity index is 864. The minimum absolute atomic E-state index is 0.0267. The Kier molecular flexibility index (Phi) is 8.06. The molecule has 0 aliphatic rings. The van der Waals surface area contributed by atoms with Gasteiger partial charge in [-0.25, -0.2) is 0 Å². The van der Waals surface area contributed by atoms with Crippen molar-refractivity contribution in [2.24, 2.45) is 0 Å². The highest BCUT2D eigenvalue weighted by Gasteiger charge is 2.04. The van der Waals surface area contributed by atoms with Gasteiger partial charge < -0.3 is 10.1 Å². The summed E-state index contributed by atoms with van der Waals surface area (Å²) in [6, 6.07) is 12.2. The van der Waals surface area contributed by atoms with Crippen LogP contribution in [0.1, 0.15) is 31.7 Å². The van der Waals surface area contributed by atoms with E-state index in [0.717, 1.165) is 42.0 Å². The monoisotopic (exact) mass is 393 g/mol. The van der Waals surface area contributed by atoms with Gasteiger partial charge in [0.05, 0.1) is 19.5 Å². The van der Waals surface area contributed by atoms with E-state index in [-0.39, 0.29) is 12.5 Å². The first-order chi connectivity index (χ1) is 12.8. The molecule has 2 aromatic rings. The first kappa shape index (κ1) is 21.2. The van der Waals surface area contributed by atoms with E-state index in [0.29, 0.717) is 19.6 Å². The van der Waals surface area contributed by atoms with Crippen LogP contribution in [0.15, 0.2) is 36.4 Å². The lowest BCUT2D eigenvalue weighted by Crippen LogP contribution is -2.22. The van der Waals surface area contributed by atoms with Crippen molar-refractivity contribution in [1.29, 1.82) is 0 Å². The average molecular weight is 394 g/mol. The number of carbonyl (C=O) groups is 1. The van der Waals surface area contributed by atoms with Gasteiger partial charge in [0.1, 0.15) is 5.75 Å². The van der Waals surface area contributed by atoms with E-state index in [4.69, 9.17) is 8.92 Å². The second kappa shape index (κ2) is 10.3. The topological polar surface area (TPSA) is 81.7 Å². The number of hydrogen-bond donors (Lipinski definition) is 1. The zero-order valence-electron chi connectivity index (χ0n) is 15.9. The van der Waals surface area contributed by atoms with Gasteiger partial charge in [-0.3, -0.25) is 8.98 Å². The zero-order chi connectivity index (χ0) is 19.7. The standard InChI is InChI=1S/C20H27NO5S/c1-16(22)21-12-11-18-8-6-7-17-9-10-19(15-20(17)18)25-13-4-3-5-14-26-27(2,23)24/h6-10,15H,3-5,11-14H2,1-2H3,(H,21,22). The van der Waals surface area contributed by atoms with E-state index in [2.05, 4.69) is 17.4 Å². The number of carbonyl (C=O) groups excluding carboxylic acids is 1. The number of unbranched alkanes of at least 4 members (excludes halogenated alkanes) is 2. The van der Waals surface area contributed by atoms with Crippen molar-refractivity contribution in [3.8, 4) is 5.75 Å². The molecule has 0 saturated carbocycles. The SMILES string of the molecule is CC(=O)NCCc1cccc2ccc(OCCCCCOS(C)(=O)=O)cc12. The molecule has 2 rings (SSSR count). The van der Waals surface area contributed by atoms with Crippen LogP contribution in [0.4, 0.5) is 0 Å². The molecule has 2 aromatic carbocycles. The summed E-state index contributed by atoms with van der Waals surface area (Å²) in [5.74, 6) is 0.781. The molecular weight excluding hydrogens is 366 g/mol. The van der Waals surface area contributed by atoms with Gasteiger partial charge in [0, 0.05) is 13.5 Å². The van der Waals surface area contributed by atoms with Crippen molar-refractivity contribution in [3.63, 3.8) is 0 Å². The molecule has 0 aromatic heterocycles. The van der Waals surface area contributed by atoms with Crippen LogP contribution in [-0.4, -0.2) is 40.3 Å². The summed E-state index contributed by atoms with van der Waals surface area (Å²) in [6.45, 7) is 2.91. The fourth-order valence-corrected chi connectivity index (χ4v) is 3.20. The molecule has 148 valence electrons. The van der Waals surface area contributed by atoms with Gasteiger partial charge in [-0.05, 0) is 54.2 Å². The molecule has 0 heterocycles. The molecule has 0 saturated heterocycles. The van der Waals surface area contributed by atoms with Gasteiger partial charge in [-0.15, -0.1) is 0 Å². The Hall–Kier alpha value is -2.12. The highest BCUT2D eigenvalue weighted by molar-refractivity contribution is 7.85. The lowest BCUT2D eigenvalue weighted by Gasteiger charge is -2.11. The van der Waals surface area contributed by atoms with Crippen LogP contribution in [0.25, 0.3) is 10.8 Å². The predicted molar refractivity (Wildman–Crippen MR) is 106 cm³/mol. The molecule has 1 amide bonds. The lowest BCUT2D eigenvalue weighted by atomic mass is 10.0. The highest BCUT2D eigenvalue weighted by Crippen LogP contribution is 2.24. The van der Waals surface area contributed by atoms with E-state index in [9.17, 15) is 13.2 Å². The third-order valence-corrected chi connectivity index (χ3v) is 4.66. The molecule has 6 nitrogen and oxygen atoms in total. The molecule has 7 heteroatoms. The van der Waals surface area contributed by atoms with Crippen LogP contribution < -0.4 is 10.1 Å². The second-order valence-corrected chi connectivity index (χ2v) is 8.11. The molecule has 0 aliphatic heterocycles. The van der Waals surface area contributed by atoms with Crippen molar-refractivity contribution in [2.75, 3.05) is 26.0 Å². The van der Waals surface area contributed by atoms with Gasteiger partial charge in [0.15, 0.2) is 0 Å². The number of rotatable bonds is 11. The lowest BCUT2D eigenvalue weighted by molar-refractivity contribution is -0.118. The van der Waals surface area contributed by atoms with Gasteiger partial charge >= 0.3 is 0 Å². The number of amides is 1. The van der Waals surface area contributed by atoms with Crippen molar-refractivity contribution in [1.82, 2.24) is 5.32 Å². The van der Waals surface area contributed by atoms with E-state index < -0.39 is 10.1 Å². The molecule has 0 unspecified atom stereocenters. The number of nitrogens with one attached hydrogen (secondary N) is 1.